The molecule has 0 spiro atoms. The van der Waals surface area contributed by atoms with Crippen molar-refractivity contribution >= 4 is 40.7 Å². The maximum atomic E-state index is 13.2. The van der Waals surface area contributed by atoms with Crippen LogP contribution in [0.25, 0.3) is 0 Å². The van der Waals surface area contributed by atoms with Crippen molar-refractivity contribution in [3.8, 4) is 5.75 Å². The van der Waals surface area contributed by atoms with Crippen LogP contribution in [0.1, 0.15) is 53.6 Å². The first kappa shape index (κ1) is 25.9. The molecule has 11 heteroatoms. The largest absolute Gasteiger partial charge is 0.505 e. The average molecular weight is 540 g/mol. The summed E-state index contributed by atoms with van der Waals surface area (Å²) in [5.74, 6) is 1.03. The lowest BCUT2D eigenvalue weighted by Crippen LogP contribution is -2.41. The predicted octanol–water partition coefficient (Wildman–Crippen LogP) is 3.46. The van der Waals surface area contributed by atoms with E-state index < -0.39 is 28.8 Å². The Balaban J connectivity index is 1.41. The third-order valence-corrected chi connectivity index (χ3v) is 8.59. The number of likely N-dealkylation sites (tertiary alicyclic amines) is 1. The molecule has 1 aromatic heterocycles. The molecule has 1 amide bonds. The molecule has 2 aliphatic heterocycles. The molecule has 0 bridgehead atoms. The fraction of sp³-hybridized carbons (Fsp3) is 0.407. The molecule has 0 radical (unpaired) electrons. The summed E-state index contributed by atoms with van der Waals surface area (Å²) in [6.45, 7) is 2.20. The summed E-state index contributed by atoms with van der Waals surface area (Å²) in [6.07, 6.45) is 3.10. The highest BCUT2D eigenvalue weighted by Gasteiger charge is 2.37. The molecule has 0 aliphatic carbocycles. The van der Waals surface area contributed by atoms with Crippen molar-refractivity contribution in [2.24, 2.45) is 0 Å². The number of rotatable bonds is 8. The summed E-state index contributed by atoms with van der Waals surface area (Å²) >= 11 is 1.78. The van der Waals surface area contributed by atoms with Gasteiger partial charge in [-0.05, 0) is 62.6 Å². The number of methoxy groups -OCH3 is 1. The Labute approximate surface area is 223 Å². The van der Waals surface area contributed by atoms with E-state index in [4.69, 9.17) is 9.15 Å². The zero-order valence-electron chi connectivity index (χ0n) is 21.1. The van der Waals surface area contributed by atoms with E-state index in [1.807, 2.05) is 19.1 Å². The quantitative estimate of drug-likeness (QED) is 0.222. The maximum absolute atomic E-state index is 13.2. The van der Waals surface area contributed by atoms with Gasteiger partial charge in [0.05, 0.1) is 24.4 Å². The number of esters is 1. The fourth-order valence-electron chi connectivity index (χ4n) is 5.13. The van der Waals surface area contributed by atoms with Crippen LogP contribution < -0.4 is 21.5 Å². The minimum Gasteiger partial charge on any atom is -0.505 e. The number of furan rings is 1. The molecule has 2 saturated heterocycles. The number of nitrogens with one attached hydrogen (secondary N) is 2. The molecule has 5 rings (SSSR count). The van der Waals surface area contributed by atoms with Crippen LogP contribution in [0, 0.1) is 6.92 Å². The van der Waals surface area contributed by atoms with E-state index in [0.29, 0.717) is 25.1 Å². The lowest BCUT2D eigenvalue weighted by molar-refractivity contribution is -0.145. The van der Waals surface area contributed by atoms with Gasteiger partial charge in [-0.3, -0.25) is 14.4 Å². The Kier molecular flexibility index (Phi) is 7.20. The molecule has 2 aliphatic rings. The van der Waals surface area contributed by atoms with Crippen molar-refractivity contribution in [3.05, 3.63) is 67.9 Å². The Morgan fingerprint density at radius 3 is 2.61 bits per heavy atom. The van der Waals surface area contributed by atoms with Gasteiger partial charge in [-0.1, -0.05) is 6.07 Å². The number of phenols is 1. The average Bonchev–Trinajstić information content (AvgIpc) is 3.70. The first-order chi connectivity index (χ1) is 18.3. The number of carbonyl (C=O) groups is 2. The van der Waals surface area contributed by atoms with Crippen LogP contribution in [0.4, 0.5) is 17.1 Å². The second kappa shape index (κ2) is 10.6. The molecule has 3 N–H and O–H groups in total. The van der Waals surface area contributed by atoms with E-state index in [9.17, 15) is 24.3 Å². The number of anilines is 3. The molecule has 1 unspecified atom stereocenters. The van der Waals surface area contributed by atoms with E-state index in [-0.39, 0.29) is 39.7 Å². The van der Waals surface area contributed by atoms with Gasteiger partial charge < -0.3 is 29.8 Å². The highest BCUT2D eigenvalue weighted by atomic mass is 32.2. The van der Waals surface area contributed by atoms with Gasteiger partial charge in [0, 0.05) is 11.8 Å². The van der Waals surface area contributed by atoms with Gasteiger partial charge in [-0.15, -0.1) is 0 Å². The lowest BCUT2D eigenvalue weighted by Gasteiger charge is -2.26. The highest BCUT2D eigenvalue weighted by molar-refractivity contribution is 8.00. The molecule has 3 aromatic rings. The number of ether oxygens (including phenoxy) is 1. The third kappa shape index (κ3) is 4.66. The number of phenolic OH excluding ortho intramolecular Hbond substituents is 1. The lowest BCUT2D eigenvalue weighted by atomic mass is 10.0. The van der Waals surface area contributed by atoms with Crippen LogP contribution in [0.3, 0.4) is 0 Å². The van der Waals surface area contributed by atoms with E-state index in [0.717, 1.165) is 24.4 Å². The topological polar surface area (TPSA) is 138 Å². The number of aryl methyl sites for hydroxylation is 1. The summed E-state index contributed by atoms with van der Waals surface area (Å²) in [5, 5.41) is 17.2. The second-order valence-corrected chi connectivity index (χ2v) is 10.9. The standard InChI is InChI=1S/C27H29N3O7S/c1-14-10-11-18(37-14)20(19-9-5-13-38-19)29-22-21(24(32)25(22)33)28-16-7-3-6-15(23(16)31)26(34)30-12-4-8-17(30)27(35)36-2/h3,6-7,10-11,17,19-20,28-29,31H,4-5,8-9,12-13H2,1-2H3/t17-,19+,20?/m1/s1. The van der Waals surface area contributed by atoms with Crippen LogP contribution in [0.5, 0.6) is 5.75 Å². The monoisotopic (exact) mass is 539 g/mol. The predicted molar refractivity (Wildman–Crippen MR) is 144 cm³/mol. The first-order valence-electron chi connectivity index (χ1n) is 12.6. The minimum atomic E-state index is -0.720. The number of thioether (sulfide) groups is 1. The smallest absolute Gasteiger partial charge is 0.328 e. The number of benzene rings is 1. The molecule has 2 aromatic carbocycles. The van der Waals surface area contributed by atoms with Crippen molar-refractivity contribution in [2.75, 3.05) is 30.0 Å². The third-order valence-electron chi connectivity index (χ3n) is 7.13. The molecule has 3 atom stereocenters. The van der Waals surface area contributed by atoms with Gasteiger partial charge in [0.15, 0.2) is 5.75 Å². The van der Waals surface area contributed by atoms with Gasteiger partial charge in [-0.2, -0.15) is 11.8 Å². The number of amides is 1. The SMILES string of the molecule is COC(=O)[C@H]1CCCN1C(=O)c1cccc(Nc2c(NC(c3ccc(C)o3)[C@@H]3CCCS3)c(=O)c2=O)c1O. The maximum Gasteiger partial charge on any atom is 0.328 e. The van der Waals surface area contributed by atoms with E-state index in [1.165, 1.54) is 24.1 Å². The van der Waals surface area contributed by atoms with Gasteiger partial charge in [0.2, 0.25) is 0 Å². The molecule has 3 heterocycles. The van der Waals surface area contributed by atoms with E-state index in [2.05, 4.69) is 10.6 Å². The van der Waals surface area contributed by atoms with Crippen LogP contribution >= 0.6 is 11.8 Å². The van der Waals surface area contributed by atoms with Crippen LogP contribution in [-0.4, -0.2) is 52.6 Å². The molecular formula is C27H29N3O7S. The Morgan fingerprint density at radius 2 is 1.92 bits per heavy atom. The fourth-order valence-corrected chi connectivity index (χ4v) is 6.50. The highest BCUT2D eigenvalue weighted by Crippen LogP contribution is 2.40. The van der Waals surface area contributed by atoms with Crippen LogP contribution in [0.15, 0.2) is 44.3 Å². The Bertz CT molecular complexity index is 1440. The molecule has 10 nitrogen and oxygen atoms in total. The van der Waals surface area contributed by atoms with Gasteiger partial charge in [-0.25, -0.2) is 4.79 Å². The number of nitrogens with zero attached hydrogens (tertiary/aromatic N) is 1. The zero-order valence-corrected chi connectivity index (χ0v) is 21.9. The number of para-hydroxylation sites is 1. The van der Waals surface area contributed by atoms with Crippen LogP contribution in [-0.2, 0) is 9.53 Å². The minimum absolute atomic E-state index is 0.0137. The molecule has 2 fully saturated rings. The summed E-state index contributed by atoms with van der Waals surface area (Å²) in [7, 11) is 1.27. The van der Waals surface area contributed by atoms with Gasteiger partial charge in [0.1, 0.15) is 28.9 Å². The van der Waals surface area contributed by atoms with Crippen molar-refractivity contribution < 1.29 is 23.8 Å². The summed E-state index contributed by atoms with van der Waals surface area (Å²) in [5.41, 5.74) is -1.18. The number of carbonyl (C=O) groups excluding carboxylic acids is 2. The van der Waals surface area contributed by atoms with E-state index in [1.54, 1.807) is 17.8 Å². The number of hydrogen-bond donors (Lipinski definition) is 3. The Morgan fingerprint density at radius 1 is 1.13 bits per heavy atom. The summed E-state index contributed by atoms with van der Waals surface area (Å²) < 4.78 is 10.7. The van der Waals surface area contributed by atoms with E-state index >= 15 is 0 Å². The van der Waals surface area contributed by atoms with Gasteiger partial charge in [0.25, 0.3) is 16.8 Å². The van der Waals surface area contributed by atoms with Crippen molar-refractivity contribution in [1.82, 2.24) is 4.90 Å². The molecule has 200 valence electrons. The number of aromatic hydroxyl groups is 1. The summed E-state index contributed by atoms with van der Waals surface area (Å²) in [6, 6.07) is 7.20. The van der Waals surface area contributed by atoms with Crippen molar-refractivity contribution in [2.45, 2.75) is 49.9 Å². The van der Waals surface area contributed by atoms with Crippen molar-refractivity contribution in [1.29, 1.82) is 0 Å². The second-order valence-electron chi connectivity index (χ2n) is 9.54. The normalized spacial score (nSPS) is 20.0. The van der Waals surface area contributed by atoms with Crippen molar-refractivity contribution in [3.63, 3.8) is 0 Å². The molecule has 0 saturated carbocycles. The number of hydrogen-bond acceptors (Lipinski definition) is 10. The molecular weight excluding hydrogens is 510 g/mol. The Hall–Kier alpha value is -3.73. The zero-order chi connectivity index (χ0) is 27.0. The van der Waals surface area contributed by atoms with Crippen LogP contribution in [0.2, 0.25) is 0 Å². The summed E-state index contributed by atoms with van der Waals surface area (Å²) in [4.78, 5) is 51.9. The van der Waals surface area contributed by atoms with Gasteiger partial charge >= 0.3 is 5.97 Å². The molecule has 38 heavy (non-hydrogen) atoms. The first-order valence-corrected chi connectivity index (χ1v) is 13.6.